The highest BCUT2D eigenvalue weighted by atomic mass is 32.2. The van der Waals surface area contributed by atoms with Crippen LogP contribution in [0.25, 0.3) is 0 Å². The molecule has 5 nitrogen and oxygen atoms in total. The van der Waals surface area contributed by atoms with Crippen molar-refractivity contribution in [3.05, 3.63) is 29.3 Å². The van der Waals surface area contributed by atoms with E-state index >= 15 is 0 Å². The van der Waals surface area contributed by atoms with E-state index in [1.807, 2.05) is 0 Å². The lowest BCUT2D eigenvalue weighted by molar-refractivity contribution is 0.350. The van der Waals surface area contributed by atoms with Crippen molar-refractivity contribution in [2.45, 2.75) is 11.8 Å². The third-order valence-corrected chi connectivity index (χ3v) is 4.85. The molecule has 110 valence electrons. The van der Waals surface area contributed by atoms with Crippen molar-refractivity contribution in [3.8, 4) is 11.8 Å². The summed E-state index contributed by atoms with van der Waals surface area (Å²) in [4.78, 5) is 0.143. The fourth-order valence-corrected chi connectivity index (χ4v) is 3.33. The number of benzene rings is 1. The zero-order chi connectivity index (χ0) is 15.2. The maximum absolute atomic E-state index is 12.2. The van der Waals surface area contributed by atoms with Gasteiger partial charge in [-0.25, -0.2) is 13.1 Å². The van der Waals surface area contributed by atoms with Crippen molar-refractivity contribution in [1.82, 2.24) is 4.72 Å². The number of aliphatic hydroxyl groups is 1. The van der Waals surface area contributed by atoms with Crippen molar-refractivity contribution < 1.29 is 17.7 Å². The zero-order valence-electron chi connectivity index (χ0n) is 11.3. The van der Waals surface area contributed by atoms with Gasteiger partial charge in [0.05, 0.1) is 4.90 Å². The highest BCUT2D eigenvalue weighted by Crippen LogP contribution is 2.16. The van der Waals surface area contributed by atoms with Crippen LogP contribution in [-0.2, 0) is 20.8 Å². The lowest BCUT2D eigenvalue weighted by Crippen LogP contribution is -2.28. The molecule has 0 aliphatic rings. The molecule has 1 aromatic carbocycles. The van der Waals surface area contributed by atoms with E-state index in [-0.39, 0.29) is 23.8 Å². The Kier molecular flexibility index (Phi) is 6.36. The lowest BCUT2D eigenvalue weighted by atomic mass is 10.1. The molecule has 0 saturated carbocycles. The molecule has 1 atom stereocenters. The van der Waals surface area contributed by atoms with Gasteiger partial charge in [0, 0.05) is 34.9 Å². The Morgan fingerprint density at radius 1 is 1.40 bits per heavy atom. The number of rotatable bonds is 5. The van der Waals surface area contributed by atoms with Crippen LogP contribution >= 0.6 is 0 Å². The number of hydrogen-bond donors (Lipinski definition) is 2. The SMILES string of the molecule is Cc1ccc(C#CCO)cc1S(=O)(=O)NCCS(C)=O. The molecule has 1 rings (SSSR count). The first kappa shape index (κ1) is 16.9. The lowest BCUT2D eigenvalue weighted by Gasteiger charge is -2.09. The van der Waals surface area contributed by atoms with Gasteiger partial charge in [0.25, 0.3) is 0 Å². The van der Waals surface area contributed by atoms with Crippen LogP contribution in [0.1, 0.15) is 11.1 Å². The van der Waals surface area contributed by atoms with E-state index < -0.39 is 20.8 Å². The van der Waals surface area contributed by atoms with Gasteiger partial charge in [-0.3, -0.25) is 4.21 Å². The normalized spacial score (nSPS) is 12.6. The van der Waals surface area contributed by atoms with Crippen molar-refractivity contribution in [3.63, 3.8) is 0 Å². The summed E-state index contributed by atoms with van der Waals surface area (Å²) in [6.07, 6.45) is 1.52. The minimum atomic E-state index is -3.65. The van der Waals surface area contributed by atoms with Gasteiger partial charge in [-0.1, -0.05) is 17.9 Å². The van der Waals surface area contributed by atoms with Crippen LogP contribution in [0, 0.1) is 18.8 Å². The minimum absolute atomic E-state index is 0.122. The third kappa shape index (κ3) is 5.06. The Labute approximate surface area is 121 Å². The molecule has 0 radical (unpaired) electrons. The minimum Gasteiger partial charge on any atom is -0.384 e. The molecular weight excluding hydrogens is 298 g/mol. The molecule has 0 bridgehead atoms. The molecule has 0 spiro atoms. The molecule has 0 aliphatic heterocycles. The fraction of sp³-hybridized carbons (Fsp3) is 0.385. The van der Waals surface area contributed by atoms with Crippen molar-refractivity contribution >= 4 is 20.8 Å². The van der Waals surface area contributed by atoms with Crippen molar-refractivity contribution in [2.75, 3.05) is 25.2 Å². The molecule has 1 unspecified atom stereocenters. The van der Waals surface area contributed by atoms with Gasteiger partial charge in [0.15, 0.2) is 0 Å². The predicted molar refractivity (Wildman–Crippen MR) is 79.3 cm³/mol. The van der Waals surface area contributed by atoms with Crippen LogP contribution in [0.15, 0.2) is 23.1 Å². The summed E-state index contributed by atoms with van der Waals surface area (Å²) in [5.41, 5.74) is 1.12. The van der Waals surface area contributed by atoms with E-state index in [1.54, 1.807) is 19.1 Å². The van der Waals surface area contributed by atoms with Gasteiger partial charge in [0.1, 0.15) is 6.61 Å². The monoisotopic (exact) mass is 315 g/mol. The van der Waals surface area contributed by atoms with E-state index in [0.29, 0.717) is 11.1 Å². The van der Waals surface area contributed by atoms with E-state index in [0.717, 1.165) is 0 Å². The number of aliphatic hydroxyl groups excluding tert-OH is 1. The zero-order valence-corrected chi connectivity index (χ0v) is 13.0. The van der Waals surface area contributed by atoms with Crippen LogP contribution in [0.5, 0.6) is 0 Å². The summed E-state index contributed by atoms with van der Waals surface area (Å²) in [6.45, 7) is 1.53. The smallest absolute Gasteiger partial charge is 0.240 e. The number of sulfonamides is 1. The molecule has 20 heavy (non-hydrogen) atoms. The van der Waals surface area contributed by atoms with Gasteiger partial charge < -0.3 is 5.11 Å². The average molecular weight is 315 g/mol. The van der Waals surface area contributed by atoms with Crippen molar-refractivity contribution in [2.24, 2.45) is 0 Å². The summed E-state index contributed by atoms with van der Waals surface area (Å²) in [7, 11) is -4.70. The Morgan fingerprint density at radius 3 is 2.70 bits per heavy atom. The molecule has 0 heterocycles. The topological polar surface area (TPSA) is 83.5 Å². The highest BCUT2D eigenvalue weighted by Gasteiger charge is 2.16. The molecular formula is C13H17NO4S2. The maximum atomic E-state index is 12.2. The molecule has 0 fully saturated rings. The first-order valence-corrected chi connectivity index (χ1v) is 9.08. The molecule has 0 amide bonds. The molecule has 0 aliphatic carbocycles. The standard InChI is InChI=1S/C13H17NO4S2/c1-11-5-6-12(4-3-8-15)10-13(11)20(17,18)14-7-9-19(2)16/h5-6,10,14-15H,7-9H2,1-2H3. The molecule has 0 aromatic heterocycles. The van der Waals surface area contributed by atoms with E-state index in [9.17, 15) is 12.6 Å². The number of nitrogens with one attached hydrogen (secondary N) is 1. The van der Waals surface area contributed by atoms with E-state index in [1.165, 1.54) is 12.3 Å². The van der Waals surface area contributed by atoms with Crippen LogP contribution in [0.3, 0.4) is 0 Å². The molecule has 1 aromatic rings. The van der Waals surface area contributed by atoms with Crippen LogP contribution in [-0.4, -0.2) is 42.9 Å². The summed E-state index contributed by atoms with van der Waals surface area (Å²) in [5, 5.41) is 8.65. The summed E-state index contributed by atoms with van der Waals surface area (Å²) in [5.74, 6) is 5.40. The quantitative estimate of drug-likeness (QED) is 0.749. The third-order valence-electron chi connectivity index (χ3n) is 2.47. The van der Waals surface area contributed by atoms with Gasteiger partial charge in [-0.05, 0) is 24.6 Å². The van der Waals surface area contributed by atoms with Gasteiger partial charge in [-0.2, -0.15) is 0 Å². The second-order valence-corrected chi connectivity index (χ2v) is 7.41. The summed E-state index contributed by atoms with van der Waals surface area (Å²) >= 11 is 0. The van der Waals surface area contributed by atoms with Crippen molar-refractivity contribution in [1.29, 1.82) is 0 Å². The first-order chi connectivity index (χ1) is 9.36. The van der Waals surface area contributed by atoms with Crippen LogP contribution in [0.4, 0.5) is 0 Å². The van der Waals surface area contributed by atoms with Gasteiger partial charge >= 0.3 is 0 Å². The second kappa shape index (κ2) is 7.55. The maximum Gasteiger partial charge on any atom is 0.240 e. The average Bonchev–Trinajstić information content (AvgIpc) is 2.36. The number of hydrogen-bond acceptors (Lipinski definition) is 4. The summed E-state index contributed by atoms with van der Waals surface area (Å²) < 4.78 is 37.7. The predicted octanol–water partition coefficient (Wildman–Crippen LogP) is -0.00438. The Balaban J connectivity index is 3.01. The van der Waals surface area contributed by atoms with Crippen LogP contribution in [0.2, 0.25) is 0 Å². The van der Waals surface area contributed by atoms with Crippen LogP contribution < -0.4 is 4.72 Å². The second-order valence-electron chi connectivity index (χ2n) is 4.12. The summed E-state index contributed by atoms with van der Waals surface area (Å²) in [6, 6.07) is 4.81. The Bertz CT molecular complexity index is 657. The number of aryl methyl sites for hydroxylation is 1. The van der Waals surface area contributed by atoms with Gasteiger partial charge in [0.2, 0.25) is 10.0 Å². The Hall–Kier alpha value is -1.20. The van der Waals surface area contributed by atoms with E-state index in [4.69, 9.17) is 5.11 Å². The fourth-order valence-electron chi connectivity index (χ4n) is 1.51. The highest BCUT2D eigenvalue weighted by molar-refractivity contribution is 7.89. The molecule has 0 saturated heterocycles. The Morgan fingerprint density at radius 2 is 2.10 bits per heavy atom. The molecule has 7 heteroatoms. The van der Waals surface area contributed by atoms with E-state index in [2.05, 4.69) is 16.6 Å². The largest absolute Gasteiger partial charge is 0.384 e. The first-order valence-electron chi connectivity index (χ1n) is 5.87. The molecule has 2 N–H and O–H groups in total. The van der Waals surface area contributed by atoms with Gasteiger partial charge in [-0.15, -0.1) is 0 Å².